The van der Waals surface area contributed by atoms with Gasteiger partial charge in [0.2, 0.25) is 0 Å². The number of phosphoric acid groups is 2. The fourth-order valence-electron chi connectivity index (χ4n) is 10.8. The molecule has 0 rings (SSSR count). The Hall–Kier alpha value is -1.94. The van der Waals surface area contributed by atoms with E-state index in [9.17, 15) is 43.2 Å². The van der Waals surface area contributed by atoms with Gasteiger partial charge < -0.3 is 33.8 Å². The molecular formula is C72H140O17P2. The summed E-state index contributed by atoms with van der Waals surface area (Å²) in [7, 11) is -9.91. The number of rotatable bonds is 69. The zero-order chi connectivity index (χ0) is 67.5. The molecule has 19 heteroatoms. The number of phosphoric ester groups is 2. The first kappa shape index (κ1) is 89.1. The van der Waals surface area contributed by atoms with E-state index < -0.39 is 97.5 Å². The van der Waals surface area contributed by atoms with Crippen molar-refractivity contribution in [2.24, 2.45) is 23.7 Å². The summed E-state index contributed by atoms with van der Waals surface area (Å²) in [6, 6.07) is 0. The van der Waals surface area contributed by atoms with Crippen molar-refractivity contribution in [2.75, 3.05) is 39.6 Å². The molecule has 0 bridgehead atoms. The number of carbonyl (C=O) groups is 4. The highest BCUT2D eigenvalue weighted by molar-refractivity contribution is 7.47. The van der Waals surface area contributed by atoms with Gasteiger partial charge in [-0.05, 0) is 49.4 Å². The fraction of sp³-hybridized carbons (Fsp3) is 0.944. The summed E-state index contributed by atoms with van der Waals surface area (Å²) in [6.07, 6.45) is 44.4. The van der Waals surface area contributed by atoms with E-state index in [0.29, 0.717) is 31.6 Å². The largest absolute Gasteiger partial charge is 0.472 e. The molecule has 0 aromatic rings. The normalized spacial score (nSPS) is 14.5. The van der Waals surface area contributed by atoms with Crippen LogP contribution in [0, 0.1) is 23.7 Å². The Morgan fingerprint density at radius 2 is 0.527 bits per heavy atom. The fourth-order valence-corrected chi connectivity index (χ4v) is 12.4. The van der Waals surface area contributed by atoms with Crippen molar-refractivity contribution < 1.29 is 80.2 Å². The minimum Gasteiger partial charge on any atom is -0.462 e. The third-order valence-electron chi connectivity index (χ3n) is 16.9. The first-order valence-electron chi connectivity index (χ1n) is 37.2. The quantitative estimate of drug-likeness (QED) is 0.0222. The maximum Gasteiger partial charge on any atom is 0.472 e. The van der Waals surface area contributed by atoms with E-state index in [1.807, 2.05) is 0 Å². The first-order valence-corrected chi connectivity index (χ1v) is 40.2. The van der Waals surface area contributed by atoms with E-state index in [1.165, 1.54) is 154 Å². The lowest BCUT2D eigenvalue weighted by molar-refractivity contribution is -0.161. The summed E-state index contributed by atoms with van der Waals surface area (Å²) in [5.41, 5.74) is 0. The maximum absolute atomic E-state index is 13.0. The molecule has 0 heterocycles. The van der Waals surface area contributed by atoms with Gasteiger partial charge >= 0.3 is 39.5 Å². The van der Waals surface area contributed by atoms with Crippen LogP contribution in [0.1, 0.15) is 357 Å². The van der Waals surface area contributed by atoms with Crippen LogP contribution in [0.4, 0.5) is 0 Å². The highest BCUT2D eigenvalue weighted by atomic mass is 31.2. The summed E-state index contributed by atoms with van der Waals surface area (Å²) in [5, 5.41) is 10.6. The minimum atomic E-state index is -4.95. The third-order valence-corrected chi connectivity index (χ3v) is 18.8. The van der Waals surface area contributed by atoms with E-state index in [0.717, 1.165) is 114 Å². The number of hydrogen-bond acceptors (Lipinski definition) is 15. The summed E-state index contributed by atoms with van der Waals surface area (Å²) in [6.45, 7) is 14.1. The number of esters is 4. The molecule has 0 aromatic heterocycles. The topological polar surface area (TPSA) is 237 Å². The number of unbranched alkanes of at least 4 members (excludes halogenated alkanes) is 34. The SMILES string of the molecule is CCC(C)CCCCCCCCCCCCC(=O)O[C@H](COC(=O)CCCCCCCCC(C)C)COP(=O)(O)OC[C@H](O)COP(=O)(O)OC[C@@H](COC(=O)CCCCCCCCCCCCCC(C)C)OC(=O)CCCCCCCCCCCCCC(C)C. The Balaban J connectivity index is 5.26. The molecule has 3 N–H and O–H groups in total. The molecular weight excluding hydrogens is 1200 g/mol. The van der Waals surface area contributed by atoms with Crippen molar-refractivity contribution in [3.63, 3.8) is 0 Å². The minimum absolute atomic E-state index is 0.105. The molecule has 0 saturated carbocycles. The molecule has 540 valence electrons. The Labute approximate surface area is 556 Å². The molecule has 91 heavy (non-hydrogen) atoms. The van der Waals surface area contributed by atoms with Crippen LogP contribution < -0.4 is 0 Å². The number of aliphatic hydroxyl groups excluding tert-OH is 1. The molecule has 6 atom stereocenters. The molecule has 0 aliphatic rings. The molecule has 0 aromatic carbocycles. The van der Waals surface area contributed by atoms with Gasteiger partial charge in [-0.1, -0.05) is 306 Å². The van der Waals surface area contributed by atoms with E-state index in [-0.39, 0.29) is 25.7 Å². The van der Waals surface area contributed by atoms with Crippen LogP contribution in [0.5, 0.6) is 0 Å². The summed E-state index contributed by atoms with van der Waals surface area (Å²) in [5.74, 6) is 0.891. The molecule has 0 aliphatic heterocycles. The molecule has 0 fully saturated rings. The van der Waals surface area contributed by atoms with Crippen LogP contribution in [-0.4, -0.2) is 96.7 Å². The Morgan fingerprint density at radius 3 is 0.780 bits per heavy atom. The van der Waals surface area contributed by atoms with E-state index in [1.54, 1.807) is 0 Å². The molecule has 17 nitrogen and oxygen atoms in total. The van der Waals surface area contributed by atoms with E-state index >= 15 is 0 Å². The van der Waals surface area contributed by atoms with Crippen molar-refractivity contribution in [1.82, 2.24) is 0 Å². The van der Waals surface area contributed by atoms with Gasteiger partial charge in [-0.25, -0.2) is 9.13 Å². The monoisotopic (exact) mass is 1340 g/mol. The summed E-state index contributed by atoms with van der Waals surface area (Å²) in [4.78, 5) is 72.6. The average Bonchev–Trinajstić information content (AvgIpc) is 2.90. The van der Waals surface area contributed by atoms with Gasteiger partial charge in [-0.3, -0.25) is 37.3 Å². The van der Waals surface area contributed by atoms with Crippen LogP contribution >= 0.6 is 15.6 Å². The molecule has 0 saturated heterocycles. The van der Waals surface area contributed by atoms with Gasteiger partial charge in [0.1, 0.15) is 19.3 Å². The predicted octanol–water partition coefficient (Wildman–Crippen LogP) is 20.5. The van der Waals surface area contributed by atoms with Gasteiger partial charge in [0.05, 0.1) is 26.4 Å². The highest BCUT2D eigenvalue weighted by Crippen LogP contribution is 2.45. The second-order valence-electron chi connectivity index (χ2n) is 27.6. The van der Waals surface area contributed by atoms with Crippen LogP contribution in [0.25, 0.3) is 0 Å². The highest BCUT2D eigenvalue weighted by Gasteiger charge is 2.30. The second-order valence-corrected chi connectivity index (χ2v) is 30.6. The van der Waals surface area contributed by atoms with Gasteiger partial charge in [-0.15, -0.1) is 0 Å². The standard InChI is InChI=1S/C72H140O17P2/c1-9-65(8)51-43-35-26-20-16-17-23-29-39-47-55-72(77)89-68(59-83-70(75)53-45-37-31-30-34-42-50-64(6)7)61-87-91(80,81)85-57-66(73)56-84-90(78,79)86-60-67(88-71(76)54-46-38-28-22-15-11-13-19-25-33-41-49-63(4)5)58-82-69(74)52-44-36-27-21-14-10-12-18-24-32-40-48-62(2)3/h62-68,73H,9-61H2,1-8H3,(H,78,79)(H,80,81)/t65?,66-,67-,68-/m1/s1. The zero-order valence-corrected chi connectivity index (χ0v) is 61.3. The second kappa shape index (κ2) is 61.6. The number of carbonyl (C=O) groups excluding carboxylic acids is 4. The van der Waals surface area contributed by atoms with Crippen molar-refractivity contribution >= 4 is 39.5 Å². The van der Waals surface area contributed by atoms with Crippen molar-refractivity contribution in [3.8, 4) is 0 Å². The summed E-state index contributed by atoms with van der Waals surface area (Å²) < 4.78 is 68.4. The smallest absolute Gasteiger partial charge is 0.462 e. The average molecular weight is 1340 g/mol. The molecule has 0 radical (unpaired) electrons. The molecule has 3 unspecified atom stereocenters. The van der Waals surface area contributed by atoms with Gasteiger partial charge in [0.25, 0.3) is 0 Å². The molecule has 0 spiro atoms. The third kappa shape index (κ3) is 65.1. The van der Waals surface area contributed by atoms with Gasteiger partial charge in [-0.2, -0.15) is 0 Å². The van der Waals surface area contributed by atoms with Crippen LogP contribution in [0.15, 0.2) is 0 Å². The van der Waals surface area contributed by atoms with Gasteiger partial charge in [0, 0.05) is 25.7 Å². The zero-order valence-electron chi connectivity index (χ0n) is 59.5. The molecule has 0 aliphatic carbocycles. The lowest BCUT2D eigenvalue weighted by atomic mass is 9.99. The van der Waals surface area contributed by atoms with Crippen LogP contribution in [0.2, 0.25) is 0 Å². The predicted molar refractivity (Wildman–Crippen MR) is 367 cm³/mol. The number of hydrogen-bond donors (Lipinski definition) is 3. The van der Waals surface area contributed by atoms with E-state index in [2.05, 4.69) is 55.4 Å². The lowest BCUT2D eigenvalue weighted by Crippen LogP contribution is -2.30. The molecule has 0 amide bonds. The van der Waals surface area contributed by atoms with Crippen molar-refractivity contribution in [2.45, 2.75) is 375 Å². The van der Waals surface area contributed by atoms with Gasteiger partial charge in [0.15, 0.2) is 12.2 Å². The van der Waals surface area contributed by atoms with Crippen LogP contribution in [-0.2, 0) is 65.4 Å². The lowest BCUT2D eigenvalue weighted by Gasteiger charge is -2.21. The number of aliphatic hydroxyl groups is 1. The van der Waals surface area contributed by atoms with E-state index in [4.69, 9.17) is 37.0 Å². The van der Waals surface area contributed by atoms with Crippen LogP contribution in [0.3, 0.4) is 0 Å². The van der Waals surface area contributed by atoms with Crippen molar-refractivity contribution in [3.05, 3.63) is 0 Å². The Morgan fingerprint density at radius 1 is 0.308 bits per heavy atom. The first-order chi connectivity index (χ1) is 43.6. The summed E-state index contributed by atoms with van der Waals surface area (Å²) >= 11 is 0. The van der Waals surface area contributed by atoms with Crippen molar-refractivity contribution in [1.29, 1.82) is 0 Å². The Kier molecular flexibility index (Phi) is 60.3. The Bertz CT molecular complexity index is 1800. The number of ether oxygens (including phenoxy) is 4. The maximum atomic E-state index is 13.0.